The minimum atomic E-state index is -4.18. The van der Waals surface area contributed by atoms with Crippen LogP contribution in [0.4, 0.5) is 5.69 Å². The molecule has 10 heteroatoms. The van der Waals surface area contributed by atoms with Crippen molar-refractivity contribution in [2.75, 3.05) is 24.5 Å². The Morgan fingerprint density at radius 1 is 0.864 bits per heavy atom. The van der Waals surface area contributed by atoms with Gasteiger partial charge in [-0.25, -0.2) is 8.42 Å². The second-order valence-electron chi connectivity index (χ2n) is 10.2. The van der Waals surface area contributed by atoms with E-state index in [0.29, 0.717) is 12.3 Å². The third-order valence-electron chi connectivity index (χ3n) is 7.04. The molecule has 0 fully saturated rings. The van der Waals surface area contributed by atoms with Crippen LogP contribution in [0.1, 0.15) is 24.5 Å². The van der Waals surface area contributed by atoms with Crippen LogP contribution in [0.3, 0.4) is 0 Å². The molecule has 4 aromatic rings. The quantitative estimate of drug-likeness (QED) is 0.182. The molecule has 0 aliphatic heterocycles. The van der Waals surface area contributed by atoms with Crippen molar-refractivity contribution in [2.24, 2.45) is 0 Å². The van der Waals surface area contributed by atoms with Crippen molar-refractivity contribution in [1.29, 1.82) is 0 Å². The van der Waals surface area contributed by atoms with Gasteiger partial charge in [0, 0.05) is 30.0 Å². The molecule has 0 saturated heterocycles. The molecule has 2 amide bonds. The van der Waals surface area contributed by atoms with Crippen LogP contribution >= 0.6 is 15.9 Å². The van der Waals surface area contributed by atoms with Gasteiger partial charge < -0.3 is 15.0 Å². The van der Waals surface area contributed by atoms with Gasteiger partial charge in [-0.2, -0.15) is 0 Å². The predicted octanol–water partition coefficient (Wildman–Crippen LogP) is 5.82. The first-order chi connectivity index (χ1) is 21.2. The Kier molecular flexibility index (Phi) is 11.6. The lowest BCUT2D eigenvalue weighted by atomic mass is 10.0. The van der Waals surface area contributed by atoms with E-state index >= 15 is 0 Å². The topological polar surface area (TPSA) is 96.0 Å². The molecule has 0 heterocycles. The van der Waals surface area contributed by atoms with E-state index < -0.39 is 28.5 Å². The van der Waals surface area contributed by atoms with Crippen molar-refractivity contribution in [3.8, 4) is 5.75 Å². The van der Waals surface area contributed by atoms with Crippen molar-refractivity contribution >= 4 is 43.5 Å². The molecule has 0 aromatic heterocycles. The lowest BCUT2D eigenvalue weighted by Gasteiger charge is -2.34. The third-order valence-corrected chi connectivity index (χ3v) is 9.35. The zero-order chi connectivity index (χ0) is 31.5. The lowest BCUT2D eigenvalue weighted by molar-refractivity contribution is -0.140. The minimum Gasteiger partial charge on any atom is -0.497 e. The number of hydrogen-bond acceptors (Lipinski definition) is 5. The average molecular weight is 679 g/mol. The summed E-state index contributed by atoms with van der Waals surface area (Å²) >= 11 is 3.45. The van der Waals surface area contributed by atoms with Crippen LogP contribution in [0.5, 0.6) is 5.75 Å². The number of ether oxygens (including phenoxy) is 1. The third kappa shape index (κ3) is 8.48. The van der Waals surface area contributed by atoms with Gasteiger partial charge in [-0.1, -0.05) is 89.6 Å². The van der Waals surface area contributed by atoms with Crippen molar-refractivity contribution in [3.63, 3.8) is 0 Å². The van der Waals surface area contributed by atoms with Gasteiger partial charge in [0.15, 0.2) is 0 Å². The van der Waals surface area contributed by atoms with E-state index in [1.165, 1.54) is 24.1 Å². The Bertz CT molecular complexity index is 1630. The first kappa shape index (κ1) is 32.8. The number of methoxy groups -OCH3 is 1. The number of sulfonamides is 1. The van der Waals surface area contributed by atoms with Gasteiger partial charge in [0.2, 0.25) is 11.8 Å². The second-order valence-corrected chi connectivity index (χ2v) is 12.9. The zero-order valence-corrected chi connectivity index (χ0v) is 27.1. The Labute approximate surface area is 267 Å². The highest BCUT2D eigenvalue weighted by atomic mass is 79.9. The van der Waals surface area contributed by atoms with E-state index in [1.807, 2.05) is 61.5 Å². The molecule has 230 valence electrons. The summed E-state index contributed by atoms with van der Waals surface area (Å²) in [6.07, 6.45) is 0.979. The smallest absolute Gasteiger partial charge is 0.264 e. The van der Waals surface area contributed by atoms with Crippen LogP contribution in [0.2, 0.25) is 0 Å². The number of halogens is 1. The van der Waals surface area contributed by atoms with Gasteiger partial charge in [0.1, 0.15) is 18.3 Å². The maximum atomic E-state index is 14.4. The second kappa shape index (κ2) is 15.5. The van der Waals surface area contributed by atoms with Crippen LogP contribution in [0.25, 0.3) is 0 Å². The molecule has 8 nitrogen and oxygen atoms in total. The number of carbonyl (C=O) groups is 2. The minimum absolute atomic E-state index is 0.0385. The molecule has 0 spiro atoms. The van der Waals surface area contributed by atoms with Crippen molar-refractivity contribution in [3.05, 3.63) is 125 Å². The highest BCUT2D eigenvalue weighted by Crippen LogP contribution is 2.28. The standard InChI is InChI=1S/C34H36BrN3O5S/c1-3-21-36-34(40)32(22-26-11-6-4-7-12-26)37(24-27-17-19-28(35)20-18-27)33(39)25-38(29-13-10-14-30(23-29)43-2)44(41,42)31-15-8-5-9-16-31/h4-20,23,32H,3,21-22,24-25H2,1-2H3,(H,36,40)/t32-/m0/s1. The van der Waals surface area contributed by atoms with Gasteiger partial charge in [0.05, 0.1) is 17.7 Å². The van der Waals surface area contributed by atoms with Crippen molar-refractivity contribution in [1.82, 2.24) is 10.2 Å². The summed E-state index contributed by atoms with van der Waals surface area (Å²) < 4.78 is 35.4. The maximum absolute atomic E-state index is 14.4. The van der Waals surface area contributed by atoms with E-state index in [4.69, 9.17) is 4.74 Å². The average Bonchev–Trinajstić information content (AvgIpc) is 3.05. The number of rotatable bonds is 14. The van der Waals surface area contributed by atoms with E-state index in [-0.39, 0.29) is 29.5 Å². The van der Waals surface area contributed by atoms with E-state index in [2.05, 4.69) is 21.2 Å². The summed E-state index contributed by atoms with van der Waals surface area (Å²) in [5, 5.41) is 2.95. The van der Waals surface area contributed by atoms with Gasteiger partial charge >= 0.3 is 0 Å². The molecule has 0 radical (unpaired) electrons. The van der Waals surface area contributed by atoms with Crippen LogP contribution < -0.4 is 14.4 Å². The van der Waals surface area contributed by atoms with Crippen LogP contribution in [-0.2, 0) is 32.6 Å². The molecular formula is C34H36BrN3O5S. The van der Waals surface area contributed by atoms with E-state index in [1.54, 1.807) is 42.5 Å². The number of carbonyl (C=O) groups excluding carboxylic acids is 2. The van der Waals surface area contributed by atoms with Gasteiger partial charge in [-0.3, -0.25) is 13.9 Å². The van der Waals surface area contributed by atoms with E-state index in [9.17, 15) is 18.0 Å². The summed E-state index contributed by atoms with van der Waals surface area (Å²) in [5.41, 5.74) is 1.93. The first-order valence-electron chi connectivity index (χ1n) is 14.3. The van der Waals surface area contributed by atoms with Crippen LogP contribution in [-0.4, -0.2) is 51.4 Å². The van der Waals surface area contributed by atoms with Crippen molar-refractivity contribution < 1.29 is 22.7 Å². The molecule has 0 saturated carbocycles. The zero-order valence-electron chi connectivity index (χ0n) is 24.7. The molecule has 0 aliphatic rings. The monoisotopic (exact) mass is 677 g/mol. The molecule has 0 unspecified atom stereocenters. The molecule has 4 aromatic carbocycles. The van der Waals surface area contributed by atoms with Crippen LogP contribution in [0, 0.1) is 0 Å². The predicted molar refractivity (Wildman–Crippen MR) is 176 cm³/mol. The summed E-state index contributed by atoms with van der Waals surface area (Å²) in [5.74, 6) is -0.390. The number of nitrogens with zero attached hydrogens (tertiary/aromatic N) is 2. The molecule has 4 rings (SSSR count). The van der Waals surface area contributed by atoms with Crippen LogP contribution in [0.15, 0.2) is 119 Å². The molecule has 1 N–H and O–H groups in total. The highest BCUT2D eigenvalue weighted by molar-refractivity contribution is 9.10. The van der Waals surface area contributed by atoms with E-state index in [0.717, 1.165) is 26.3 Å². The largest absolute Gasteiger partial charge is 0.497 e. The Balaban J connectivity index is 1.79. The summed E-state index contributed by atoms with van der Waals surface area (Å²) in [4.78, 5) is 29.7. The molecule has 1 atom stereocenters. The van der Waals surface area contributed by atoms with Gasteiger partial charge in [-0.15, -0.1) is 0 Å². The Hall–Kier alpha value is -4.15. The fourth-order valence-corrected chi connectivity index (χ4v) is 6.41. The van der Waals surface area contributed by atoms with Gasteiger partial charge in [-0.05, 0) is 53.9 Å². The number of amides is 2. The van der Waals surface area contributed by atoms with Crippen molar-refractivity contribution in [2.45, 2.75) is 37.2 Å². The highest BCUT2D eigenvalue weighted by Gasteiger charge is 2.34. The fourth-order valence-electron chi connectivity index (χ4n) is 4.72. The maximum Gasteiger partial charge on any atom is 0.264 e. The number of anilines is 1. The molecular weight excluding hydrogens is 642 g/mol. The van der Waals surface area contributed by atoms with Gasteiger partial charge in [0.25, 0.3) is 10.0 Å². The summed E-state index contributed by atoms with van der Waals surface area (Å²) in [6, 6.07) is 30.6. The Morgan fingerprint density at radius 2 is 1.52 bits per heavy atom. The SMILES string of the molecule is CCCNC(=O)[C@H](Cc1ccccc1)N(Cc1ccc(Br)cc1)C(=O)CN(c1cccc(OC)c1)S(=O)(=O)c1ccccc1. The molecule has 0 aliphatic carbocycles. The Morgan fingerprint density at radius 3 is 2.16 bits per heavy atom. The first-order valence-corrected chi connectivity index (χ1v) is 16.5. The number of benzene rings is 4. The lowest BCUT2D eigenvalue weighted by Crippen LogP contribution is -2.53. The normalized spacial score (nSPS) is 11.8. The number of hydrogen-bond donors (Lipinski definition) is 1. The fraction of sp³-hybridized carbons (Fsp3) is 0.235. The summed E-state index contributed by atoms with van der Waals surface area (Å²) in [7, 11) is -2.69. The summed E-state index contributed by atoms with van der Waals surface area (Å²) in [6.45, 7) is 1.97. The molecule has 44 heavy (non-hydrogen) atoms. The number of nitrogens with one attached hydrogen (secondary N) is 1. The molecule has 0 bridgehead atoms.